The second-order valence-electron chi connectivity index (χ2n) is 16.2. The minimum atomic E-state index is -1.04. The Morgan fingerprint density at radius 2 is 1.52 bits per heavy atom. The van der Waals surface area contributed by atoms with E-state index in [9.17, 15) is 19.2 Å². The topological polar surface area (TPSA) is 175 Å². The maximum absolute atomic E-state index is 13.8. The van der Waals surface area contributed by atoms with Crippen molar-refractivity contribution in [3.05, 3.63) is 106 Å². The Balaban J connectivity index is 1.25. The van der Waals surface area contributed by atoms with E-state index in [0.29, 0.717) is 84.6 Å². The number of aryl methyl sites for hydroxylation is 2. The summed E-state index contributed by atoms with van der Waals surface area (Å²) in [6, 6.07) is 16.3. The predicted molar refractivity (Wildman–Crippen MR) is 238 cm³/mol. The number of nitrogens with one attached hydrogen (secondary N) is 4. The molecule has 336 valence electrons. The third kappa shape index (κ3) is 13.3. The molecule has 4 N–H and O–H groups in total. The zero-order chi connectivity index (χ0) is 44.9. The van der Waals surface area contributed by atoms with Crippen LogP contribution in [0.2, 0.25) is 5.02 Å². The van der Waals surface area contributed by atoms with Gasteiger partial charge in [-0.2, -0.15) is 0 Å². The van der Waals surface area contributed by atoms with E-state index in [0.717, 1.165) is 22.3 Å². The lowest BCUT2D eigenvalue weighted by atomic mass is 9.84. The van der Waals surface area contributed by atoms with E-state index in [4.69, 9.17) is 35.3 Å². The number of carbonyl (C=O) groups is 4. The maximum atomic E-state index is 13.8. The largest absolute Gasteiger partial charge is 0.490 e. The molecule has 5 aliphatic rings. The molecule has 1 fully saturated rings. The van der Waals surface area contributed by atoms with Gasteiger partial charge < -0.3 is 45.0 Å². The van der Waals surface area contributed by atoms with Crippen LogP contribution < -0.4 is 40.2 Å². The minimum Gasteiger partial charge on any atom is -0.490 e. The number of rotatable bonds is 8. The molecule has 0 unspecified atom stereocenters. The molecule has 15 heteroatoms. The van der Waals surface area contributed by atoms with Gasteiger partial charge in [0.25, 0.3) is 5.91 Å². The van der Waals surface area contributed by atoms with Gasteiger partial charge in [0.2, 0.25) is 17.7 Å². The highest BCUT2D eigenvalue weighted by Crippen LogP contribution is 2.39. The summed E-state index contributed by atoms with van der Waals surface area (Å²) in [4.78, 5) is 58.5. The van der Waals surface area contributed by atoms with Gasteiger partial charge in [-0.05, 0) is 130 Å². The van der Waals surface area contributed by atoms with E-state index >= 15 is 0 Å². The van der Waals surface area contributed by atoms with Crippen LogP contribution in [0.4, 0.5) is 0 Å². The fourth-order valence-corrected chi connectivity index (χ4v) is 7.97. The molecule has 0 saturated heterocycles. The van der Waals surface area contributed by atoms with Gasteiger partial charge in [0, 0.05) is 61.6 Å². The van der Waals surface area contributed by atoms with Gasteiger partial charge in [0.1, 0.15) is 35.9 Å². The first kappa shape index (κ1) is 46.6. The molecule has 4 aliphatic heterocycles. The number of hydrogen-bond acceptors (Lipinski definition) is 10. The number of nitrogens with zero attached hydrogens (tertiary/aromatic N) is 1. The summed E-state index contributed by atoms with van der Waals surface area (Å²) in [7, 11) is 1.47. The van der Waals surface area contributed by atoms with Crippen LogP contribution in [0.1, 0.15) is 73.8 Å². The number of carbonyl (C=O) groups excluding carboxylic acids is 4. The molecule has 5 heterocycles. The van der Waals surface area contributed by atoms with Crippen molar-refractivity contribution in [2.45, 2.75) is 103 Å². The van der Waals surface area contributed by atoms with Crippen LogP contribution in [0.15, 0.2) is 73.1 Å². The molecule has 3 atom stereocenters. The molecule has 4 amide bonds. The fraction of sp³-hybridized carbons (Fsp3) is 0.438. The molecule has 1 aromatic heterocycles. The number of methoxy groups -OCH3 is 1. The smallest absolute Gasteiger partial charge is 0.258 e. The highest BCUT2D eigenvalue weighted by molar-refractivity contribution is 6.32. The van der Waals surface area contributed by atoms with Crippen molar-refractivity contribution in [2.24, 2.45) is 5.92 Å². The molecule has 3 aromatic carbocycles. The number of halogens is 1. The van der Waals surface area contributed by atoms with Crippen LogP contribution in [0, 0.1) is 19.8 Å². The third-order valence-electron chi connectivity index (χ3n) is 11.4. The molecule has 4 bridgehead atoms. The van der Waals surface area contributed by atoms with E-state index in [1.807, 2.05) is 63.2 Å². The van der Waals surface area contributed by atoms with Crippen LogP contribution in [0.3, 0.4) is 0 Å². The van der Waals surface area contributed by atoms with Crippen molar-refractivity contribution in [1.29, 1.82) is 0 Å². The van der Waals surface area contributed by atoms with Gasteiger partial charge >= 0.3 is 0 Å². The van der Waals surface area contributed by atoms with Crippen LogP contribution >= 0.6 is 11.6 Å². The quantitative estimate of drug-likeness (QED) is 0.153. The third-order valence-corrected chi connectivity index (χ3v) is 12.0. The van der Waals surface area contributed by atoms with Gasteiger partial charge in [0.05, 0.1) is 12.7 Å². The Morgan fingerprint density at radius 3 is 2.21 bits per heavy atom. The first-order valence-electron chi connectivity index (χ1n) is 21.6. The summed E-state index contributed by atoms with van der Waals surface area (Å²) in [6.07, 6.45) is 6.25. The van der Waals surface area contributed by atoms with Gasteiger partial charge in [-0.3, -0.25) is 24.2 Å². The van der Waals surface area contributed by atoms with Crippen molar-refractivity contribution >= 4 is 35.2 Å². The average Bonchev–Trinajstić information content (AvgIpc) is 3.27. The normalized spacial score (nSPS) is 21.0. The van der Waals surface area contributed by atoms with Crippen molar-refractivity contribution in [1.82, 2.24) is 26.3 Å². The lowest BCUT2D eigenvalue weighted by Gasteiger charge is -2.30. The van der Waals surface area contributed by atoms with Gasteiger partial charge in [0.15, 0.2) is 18.1 Å². The van der Waals surface area contributed by atoms with Crippen LogP contribution in [0.5, 0.6) is 28.7 Å². The van der Waals surface area contributed by atoms with Crippen molar-refractivity contribution in [2.75, 3.05) is 26.9 Å². The summed E-state index contributed by atoms with van der Waals surface area (Å²) < 4.78 is 30.4. The summed E-state index contributed by atoms with van der Waals surface area (Å²) in [5, 5.41) is 12.5. The number of aromatic nitrogens is 1. The lowest BCUT2D eigenvalue weighted by Crippen LogP contribution is -2.58. The summed E-state index contributed by atoms with van der Waals surface area (Å²) in [5.74, 6) is 1.00. The van der Waals surface area contributed by atoms with Crippen molar-refractivity contribution in [3.8, 4) is 28.7 Å². The first-order chi connectivity index (χ1) is 30.4. The van der Waals surface area contributed by atoms with E-state index < -0.39 is 24.1 Å². The van der Waals surface area contributed by atoms with Crippen LogP contribution in [-0.2, 0) is 43.4 Å². The second kappa shape index (κ2) is 22.5. The van der Waals surface area contributed by atoms with Crippen molar-refractivity contribution in [3.63, 3.8) is 0 Å². The Hall–Kier alpha value is -5.86. The highest BCUT2D eigenvalue weighted by atomic mass is 35.5. The molecular formula is C48H58ClN5O9. The maximum Gasteiger partial charge on any atom is 0.258 e. The van der Waals surface area contributed by atoms with Gasteiger partial charge in [-0.25, -0.2) is 0 Å². The van der Waals surface area contributed by atoms with E-state index in [-0.39, 0.29) is 55.7 Å². The number of pyridine rings is 1. The van der Waals surface area contributed by atoms with Crippen LogP contribution in [-0.4, -0.2) is 79.7 Å². The highest BCUT2D eigenvalue weighted by Gasteiger charge is 2.32. The Labute approximate surface area is 374 Å². The number of amides is 4. The zero-order valence-electron chi connectivity index (χ0n) is 36.6. The van der Waals surface area contributed by atoms with Crippen LogP contribution in [0.25, 0.3) is 0 Å². The average molecular weight is 884 g/mol. The molecule has 63 heavy (non-hydrogen) atoms. The predicted octanol–water partition coefficient (Wildman–Crippen LogP) is 6.49. The summed E-state index contributed by atoms with van der Waals surface area (Å²) in [5.41, 5.74) is 4.11. The van der Waals surface area contributed by atoms with E-state index in [1.165, 1.54) is 7.11 Å². The summed E-state index contributed by atoms with van der Waals surface area (Å²) in [6.45, 7) is 7.83. The lowest BCUT2D eigenvalue weighted by molar-refractivity contribution is -0.135. The second-order valence-corrected chi connectivity index (χ2v) is 16.6. The number of benzene rings is 3. The van der Waals surface area contributed by atoms with E-state index in [1.54, 1.807) is 37.5 Å². The molecule has 0 spiro atoms. The Kier molecular flexibility index (Phi) is 16.6. The monoisotopic (exact) mass is 883 g/mol. The van der Waals surface area contributed by atoms with Crippen molar-refractivity contribution < 1.29 is 42.9 Å². The Morgan fingerprint density at radius 1 is 0.825 bits per heavy atom. The molecule has 9 rings (SSSR count). The molecule has 14 nitrogen and oxygen atoms in total. The van der Waals surface area contributed by atoms with E-state index in [2.05, 4.69) is 26.3 Å². The number of ether oxygens (including phenoxy) is 5. The Bertz CT molecular complexity index is 2180. The fourth-order valence-electron chi connectivity index (χ4n) is 7.86. The molecule has 1 aliphatic carbocycles. The zero-order valence-corrected chi connectivity index (χ0v) is 37.3. The minimum absolute atomic E-state index is 0.0524. The molecule has 1 saturated carbocycles. The molecular weight excluding hydrogens is 826 g/mol. The van der Waals surface area contributed by atoms with Gasteiger partial charge in [-0.1, -0.05) is 23.7 Å². The summed E-state index contributed by atoms with van der Waals surface area (Å²) >= 11 is 6.44. The standard InChI is InChI=1S/C48H58ClN5O9/c1-6-60-41-26-39(63-38-21-29(2)44(49)30(3)22-38)25-35-27-61-37-13-9-32(10-14-37)17-20-51-47(57)40(23-34-15-18-50-19-16-34)53-48(58)45(31(4)59-5)54-42(55)24-33-7-11-36(12-8-33)52-43(56)28-62-46(35)41/h9-10,13-16,18-19,21-22,25-26,31,33,36,40,45H,6-8,11-12,17,20,23-24,27-28H2,1-5H3,(H,51,57)(H,52,56)(H,53,58)(H,54,55)/t31-,33?,36?,40-,45+/m1/s1. The molecule has 0 radical (unpaired) electrons. The van der Waals surface area contributed by atoms with Gasteiger partial charge in [-0.15, -0.1) is 0 Å². The number of hydrogen-bond donors (Lipinski definition) is 4. The molecule has 4 aromatic rings. The first-order valence-corrected chi connectivity index (χ1v) is 21.9. The SMILES string of the molecule is CCOc1cc(Oc2cc(C)c(Cl)c(C)c2)cc2c1OCC(=O)NC1CCC(CC1)CC(=O)N[C@@H]([C@@H](C)OC)C(=O)N[C@H](Cc1ccncc1)C(=O)NCCc1ccc(cc1)OC2.